The van der Waals surface area contributed by atoms with Gasteiger partial charge in [0.05, 0.1) is 11.0 Å². The average molecular weight is 381 g/mol. The Hall–Kier alpha value is -2.42. The van der Waals surface area contributed by atoms with Gasteiger partial charge in [-0.1, -0.05) is 31.9 Å². The van der Waals surface area contributed by atoms with Gasteiger partial charge in [0.25, 0.3) is 0 Å². The molecule has 0 unspecified atom stereocenters. The molecule has 0 saturated carbocycles. The standard InChI is InChI=1S/C17H23N3O5S/c1-3-4-7-13(17(22)23)19-16(21)10-20-14-9-6-5-8-12(14)18-15(20)11-26(2,24)25/h5-6,8-9,13H,3-4,7,10-11H2,1-2H3,(H,19,21)(H,22,23)/t13-/m0/s1. The molecule has 2 N–H and O–H groups in total. The number of nitrogens with one attached hydrogen (secondary N) is 1. The van der Waals surface area contributed by atoms with Crippen LogP contribution in [0, 0.1) is 0 Å². The van der Waals surface area contributed by atoms with E-state index in [1.54, 1.807) is 24.3 Å². The van der Waals surface area contributed by atoms with E-state index >= 15 is 0 Å². The molecule has 0 aliphatic rings. The van der Waals surface area contributed by atoms with Gasteiger partial charge in [0, 0.05) is 6.26 Å². The zero-order chi connectivity index (χ0) is 19.3. The number of sulfone groups is 1. The van der Waals surface area contributed by atoms with Crippen molar-refractivity contribution in [2.45, 2.75) is 44.5 Å². The highest BCUT2D eigenvalue weighted by atomic mass is 32.2. The van der Waals surface area contributed by atoms with Gasteiger partial charge in [0.1, 0.15) is 24.2 Å². The van der Waals surface area contributed by atoms with Gasteiger partial charge >= 0.3 is 5.97 Å². The van der Waals surface area contributed by atoms with E-state index in [4.69, 9.17) is 0 Å². The lowest BCUT2D eigenvalue weighted by atomic mass is 10.1. The Labute approximate surface area is 152 Å². The van der Waals surface area contributed by atoms with Crippen LogP contribution in [0.5, 0.6) is 0 Å². The normalized spacial score (nSPS) is 12.8. The summed E-state index contributed by atoms with van der Waals surface area (Å²) in [6.07, 6.45) is 2.95. The van der Waals surface area contributed by atoms with Crippen molar-refractivity contribution < 1.29 is 23.1 Å². The molecular weight excluding hydrogens is 358 g/mol. The maximum atomic E-state index is 12.4. The highest BCUT2D eigenvalue weighted by Crippen LogP contribution is 2.17. The molecule has 0 radical (unpaired) electrons. The molecule has 0 saturated heterocycles. The number of hydrogen-bond acceptors (Lipinski definition) is 5. The summed E-state index contributed by atoms with van der Waals surface area (Å²) in [4.78, 5) is 28.0. The van der Waals surface area contributed by atoms with Crippen LogP contribution in [-0.4, -0.2) is 47.2 Å². The fourth-order valence-corrected chi connectivity index (χ4v) is 3.39. The number of carboxylic acids is 1. The van der Waals surface area contributed by atoms with Crippen molar-refractivity contribution in [3.05, 3.63) is 30.1 Å². The number of amides is 1. The van der Waals surface area contributed by atoms with E-state index in [0.29, 0.717) is 23.9 Å². The van der Waals surface area contributed by atoms with Crippen molar-refractivity contribution >= 4 is 32.7 Å². The Bertz CT molecular complexity index is 904. The lowest BCUT2D eigenvalue weighted by Gasteiger charge is -2.15. The second kappa shape index (κ2) is 8.31. The summed E-state index contributed by atoms with van der Waals surface area (Å²) in [7, 11) is -3.34. The minimum atomic E-state index is -3.34. The summed E-state index contributed by atoms with van der Waals surface area (Å²) in [6.45, 7) is 1.75. The van der Waals surface area contributed by atoms with E-state index in [1.807, 2.05) is 6.92 Å². The van der Waals surface area contributed by atoms with E-state index in [-0.39, 0.29) is 18.1 Å². The zero-order valence-corrected chi connectivity index (χ0v) is 15.6. The van der Waals surface area contributed by atoms with E-state index in [9.17, 15) is 23.1 Å². The third-order valence-electron chi connectivity index (χ3n) is 3.91. The second-order valence-electron chi connectivity index (χ2n) is 6.27. The summed E-state index contributed by atoms with van der Waals surface area (Å²) in [5.41, 5.74) is 1.21. The molecule has 9 heteroatoms. The number of aromatic nitrogens is 2. The molecule has 0 bridgehead atoms. The number of hydrogen-bond donors (Lipinski definition) is 2. The van der Waals surface area contributed by atoms with Crippen LogP contribution >= 0.6 is 0 Å². The predicted molar refractivity (Wildman–Crippen MR) is 97.4 cm³/mol. The fourth-order valence-electron chi connectivity index (χ4n) is 2.70. The number of rotatable bonds is 9. The summed E-state index contributed by atoms with van der Waals surface area (Å²) in [5.74, 6) is -1.62. The van der Waals surface area contributed by atoms with E-state index < -0.39 is 27.8 Å². The lowest BCUT2D eigenvalue weighted by Crippen LogP contribution is -2.42. The van der Waals surface area contributed by atoms with Crippen LogP contribution in [0.2, 0.25) is 0 Å². The van der Waals surface area contributed by atoms with Crippen molar-refractivity contribution in [3.8, 4) is 0 Å². The first-order valence-corrected chi connectivity index (χ1v) is 10.4. The summed E-state index contributed by atoms with van der Waals surface area (Å²) in [6, 6.07) is 6.05. The Morgan fingerprint density at radius 3 is 2.62 bits per heavy atom. The van der Waals surface area contributed by atoms with Gasteiger partial charge in [0.2, 0.25) is 5.91 Å². The first-order chi connectivity index (χ1) is 12.2. The third-order valence-corrected chi connectivity index (χ3v) is 4.69. The summed E-state index contributed by atoms with van der Waals surface area (Å²) in [5, 5.41) is 11.7. The number of aliphatic carboxylic acids is 1. The molecule has 2 rings (SSSR count). The molecule has 1 amide bonds. The van der Waals surface area contributed by atoms with Gasteiger partial charge in [-0.2, -0.15) is 0 Å². The van der Waals surface area contributed by atoms with Gasteiger partial charge in [-0.05, 0) is 18.6 Å². The van der Waals surface area contributed by atoms with E-state index in [0.717, 1.165) is 12.7 Å². The largest absolute Gasteiger partial charge is 0.480 e. The Morgan fingerprint density at radius 2 is 2.00 bits per heavy atom. The van der Waals surface area contributed by atoms with Crippen molar-refractivity contribution in [2.24, 2.45) is 0 Å². The predicted octanol–water partition coefficient (Wildman–Crippen LogP) is 1.34. The summed E-state index contributed by atoms with van der Waals surface area (Å²) >= 11 is 0. The molecule has 0 spiro atoms. The van der Waals surface area contributed by atoms with Gasteiger partial charge in [-0.25, -0.2) is 18.2 Å². The second-order valence-corrected chi connectivity index (χ2v) is 8.41. The Balaban J connectivity index is 2.26. The first kappa shape index (κ1) is 19.9. The van der Waals surface area contributed by atoms with Crippen LogP contribution in [0.1, 0.15) is 32.0 Å². The van der Waals surface area contributed by atoms with Crippen LogP contribution in [0.25, 0.3) is 11.0 Å². The molecule has 142 valence electrons. The quantitative estimate of drug-likeness (QED) is 0.677. The summed E-state index contributed by atoms with van der Waals surface area (Å²) < 4.78 is 24.9. The highest BCUT2D eigenvalue weighted by molar-refractivity contribution is 7.89. The minimum absolute atomic E-state index is 0.193. The number of nitrogens with zero attached hydrogens (tertiary/aromatic N) is 2. The Morgan fingerprint density at radius 1 is 1.31 bits per heavy atom. The molecule has 1 heterocycles. The van der Waals surface area contributed by atoms with Crippen molar-refractivity contribution in [1.29, 1.82) is 0 Å². The number of unbranched alkanes of at least 4 members (excludes halogenated alkanes) is 1. The number of benzene rings is 1. The van der Waals surface area contributed by atoms with Crippen LogP contribution in [0.15, 0.2) is 24.3 Å². The number of carbonyl (C=O) groups is 2. The molecule has 1 aromatic carbocycles. The molecule has 8 nitrogen and oxygen atoms in total. The number of imidazole rings is 1. The monoisotopic (exact) mass is 381 g/mol. The van der Waals surface area contributed by atoms with Crippen LogP contribution in [0.4, 0.5) is 0 Å². The smallest absolute Gasteiger partial charge is 0.326 e. The van der Waals surface area contributed by atoms with Crippen molar-refractivity contribution in [3.63, 3.8) is 0 Å². The molecule has 1 atom stereocenters. The lowest BCUT2D eigenvalue weighted by molar-refractivity contribution is -0.142. The maximum Gasteiger partial charge on any atom is 0.326 e. The van der Waals surface area contributed by atoms with E-state index in [1.165, 1.54) is 4.57 Å². The Kier molecular flexibility index (Phi) is 6.36. The van der Waals surface area contributed by atoms with Crippen molar-refractivity contribution in [1.82, 2.24) is 14.9 Å². The first-order valence-electron chi connectivity index (χ1n) is 8.35. The molecule has 26 heavy (non-hydrogen) atoms. The molecular formula is C17H23N3O5S. The van der Waals surface area contributed by atoms with Crippen LogP contribution < -0.4 is 5.32 Å². The molecule has 0 aliphatic heterocycles. The SMILES string of the molecule is CCCC[C@H](NC(=O)Cn1c(CS(C)(=O)=O)nc2ccccc21)C(=O)O. The number of fused-ring (bicyclic) bond motifs is 1. The molecule has 1 aromatic heterocycles. The van der Waals surface area contributed by atoms with Crippen molar-refractivity contribution in [2.75, 3.05) is 6.26 Å². The number of carboxylic acid groups (broad SMARTS) is 1. The van der Waals surface area contributed by atoms with Crippen LogP contribution in [0.3, 0.4) is 0 Å². The average Bonchev–Trinajstić information content (AvgIpc) is 2.86. The molecule has 0 fully saturated rings. The van der Waals surface area contributed by atoms with Gasteiger partial charge in [-0.15, -0.1) is 0 Å². The topological polar surface area (TPSA) is 118 Å². The third kappa shape index (κ3) is 5.29. The van der Waals surface area contributed by atoms with Gasteiger partial charge in [-0.3, -0.25) is 4.79 Å². The maximum absolute atomic E-state index is 12.4. The number of para-hydroxylation sites is 2. The number of carbonyl (C=O) groups excluding carboxylic acids is 1. The van der Waals surface area contributed by atoms with Gasteiger partial charge < -0.3 is 15.0 Å². The zero-order valence-electron chi connectivity index (χ0n) is 14.8. The van der Waals surface area contributed by atoms with Crippen LogP contribution in [-0.2, 0) is 31.7 Å². The van der Waals surface area contributed by atoms with E-state index in [2.05, 4.69) is 10.3 Å². The fraction of sp³-hybridized carbons (Fsp3) is 0.471. The van der Waals surface area contributed by atoms with Gasteiger partial charge in [0.15, 0.2) is 9.84 Å². The minimum Gasteiger partial charge on any atom is -0.480 e. The molecule has 0 aliphatic carbocycles. The molecule has 2 aromatic rings. The highest BCUT2D eigenvalue weighted by Gasteiger charge is 2.22.